The molecule has 0 radical (unpaired) electrons. The van der Waals surface area contributed by atoms with Crippen LogP contribution in [0.15, 0.2) is 12.3 Å². The van der Waals surface area contributed by atoms with Crippen molar-refractivity contribution in [2.24, 2.45) is 11.8 Å². The van der Waals surface area contributed by atoms with Gasteiger partial charge in [-0.05, 0) is 25.0 Å². The number of carboxylic acids is 1. The van der Waals surface area contributed by atoms with Gasteiger partial charge in [-0.1, -0.05) is 11.6 Å². The van der Waals surface area contributed by atoms with Crippen LogP contribution in [0.1, 0.15) is 12.0 Å². The smallest absolute Gasteiger partial charge is 0.307 e. The number of aryl methyl sites for hydroxylation is 1. The van der Waals surface area contributed by atoms with Gasteiger partial charge in [0.05, 0.1) is 23.7 Å². The third-order valence-corrected chi connectivity index (χ3v) is 3.12. The number of hydrogen-bond donors (Lipinski definition) is 2. The molecule has 5 nitrogen and oxygen atoms in total. The second kappa shape index (κ2) is 4.33. The van der Waals surface area contributed by atoms with E-state index in [2.05, 4.69) is 10.3 Å². The van der Waals surface area contributed by atoms with Gasteiger partial charge in [0.15, 0.2) is 0 Å². The summed E-state index contributed by atoms with van der Waals surface area (Å²) in [4.78, 5) is 26.2. The fourth-order valence-corrected chi connectivity index (χ4v) is 1.72. The zero-order valence-electron chi connectivity index (χ0n) is 9.11. The van der Waals surface area contributed by atoms with Crippen LogP contribution >= 0.6 is 11.6 Å². The summed E-state index contributed by atoms with van der Waals surface area (Å²) in [5.41, 5.74) is 1.29. The molecule has 1 aliphatic rings. The van der Waals surface area contributed by atoms with Crippen LogP contribution in [0, 0.1) is 18.8 Å². The Morgan fingerprint density at radius 3 is 2.76 bits per heavy atom. The minimum absolute atomic E-state index is 0.277. The molecular formula is C11H11ClN2O3. The maximum atomic E-state index is 11.7. The van der Waals surface area contributed by atoms with Crippen LogP contribution in [0.5, 0.6) is 0 Å². The lowest BCUT2D eigenvalue weighted by Gasteiger charge is -2.05. The van der Waals surface area contributed by atoms with Crippen molar-refractivity contribution in [3.63, 3.8) is 0 Å². The van der Waals surface area contributed by atoms with Gasteiger partial charge in [0.1, 0.15) is 5.15 Å². The molecule has 2 rings (SSSR count). The normalized spacial score (nSPS) is 22.0. The molecule has 1 saturated carbocycles. The third kappa shape index (κ3) is 2.55. The molecule has 2 unspecified atom stereocenters. The first-order valence-electron chi connectivity index (χ1n) is 5.15. The van der Waals surface area contributed by atoms with Crippen molar-refractivity contribution < 1.29 is 14.7 Å². The summed E-state index contributed by atoms with van der Waals surface area (Å²) >= 11 is 5.76. The highest BCUT2D eigenvalue weighted by atomic mass is 35.5. The number of aliphatic carboxylic acids is 1. The van der Waals surface area contributed by atoms with E-state index in [0.717, 1.165) is 5.56 Å². The molecular weight excluding hydrogens is 244 g/mol. The Labute approximate surface area is 103 Å². The predicted octanol–water partition coefficient (Wildman–Crippen LogP) is 1.70. The maximum absolute atomic E-state index is 11.7. The van der Waals surface area contributed by atoms with Crippen LogP contribution in [-0.4, -0.2) is 22.0 Å². The summed E-state index contributed by atoms with van der Waals surface area (Å²) in [6, 6.07) is 1.70. The molecule has 0 spiro atoms. The number of pyridine rings is 1. The standard InChI is InChI=1S/C11H11ClN2O3/c1-5-2-6(4-13-9(5)12)14-10(15)7-3-8(7)11(16)17/h2,4,7-8H,3H2,1H3,(H,14,15)(H,16,17). The molecule has 1 aliphatic carbocycles. The number of halogens is 1. The van der Waals surface area contributed by atoms with Crippen LogP contribution in [0.25, 0.3) is 0 Å². The van der Waals surface area contributed by atoms with E-state index in [9.17, 15) is 9.59 Å². The summed E-state index contributed by atoms with van der Waals surface area (Å²) in [5, 5.41) is 11.7. The van der Waals surface area contributed by atoms with Crippen molar-refractivity contribution in [2.45, 2.75) is 13.3 Å². The highest BCUT2D eigenvalue weighted by Crippen LogP contribution is 2.39. The molecule has 0 aromatic carbocycles. The van der Waals surface area contributed by atoms with E-state index in [1.165, 1.54) is 6.20 Å². The zero-order valence-corrected chi connectivity index (χ0v) is 9.86. The second-order valence-electron chi connectivity index (χ2n) is 4.11. The van der Waals surface area contributed by atoms with E-state index in [1.807, 2.05) is 0 Å². The summed E-state index contributed by atoms with van der Waals surface area (Å²) in [6.45, 7) is 1.78. The topological polar surface area (TPSA) is 79.3 Å². The largest absolute Gasteiger partial charge is 0.481 e. The molecule has 1 amide bonds. The van der Waals surface area contributed by atoms with Crippen LogP contribution in [0.3, 0.4) is 0 Å². The number of nitrogens with one attached hydrogen (secondary N) is 1. The number of carbonyl (C=O) groups is 2. The van der Waals surface area contributed by atoms with Gasteiger partial charge in [0.2, 0.25) is 5.91 Å². The van der Waals surface area contributed by atoms with E-state index in [-0.39, 0.29) is 5.91 Å². The van der Waals surface area contributed by atoms with Crippen LogP contribution in [0.4, 0.5) is 5.69 Å². The highest BCUT2D eigenvalue weighted by molar-refractivity contribution is 6.30. The monoisotopic (exact) mass is 254 g/mol. The number of carboxylic acid groups (broad SMARTS) is 1. The van der Waals surface area contributed by atoms with E-state index in [4.69, 9.17) is 16.7 Å². The summed E-state index contributed by atoms with van der Waals surface area (Å²) in [5.74, 6) is -2.17. The van der Waals surface area contributed by atoms with Crippen molar-refractivity contribution in [2.75, 3.05) is 5.32 Å². The quantitative estimate of drug-likeness (QED) is 0.805. The lowest BCUT2D eigenvalue weighted by Crippen LogP contribution is -2.17. The lowest BCUT2D eigenvalue weighted by molar-refractivity contribution is -0.139. The van der Waals surface area contributed by atoms with Gasteiger partial charge >= 0.3 is 5.97 Å². The maximum Gasteiger partial charge on any atom is 0.307 e. The third-order valence-electron chi connectivity index (χ3n) is 2.73. The molecule has 1 heterocycles. The van der Waals surface area contributed by atoms with Gasteiger partial charge in [-0.15, -0.1) is 0 Å². The number of nitrogens with zero attached hydrogens (tertiary/aromatic N) is 1. The van der Waals surface area contributed by atoms with Crippen molar-refractivity contribution in [3.8, 4) is 0 Å². The molecule has 1 fully saturated rings. The second-order valence-corrected chi connectivity index (χ2v) is 4.47. The fraction of sp³-hybridized carbons (Fsp3) is 0.364. The number of aromatic nitrogens is 1. The summed E-state index contributed by atoms with van der Waals surface area (Å²) < 4.78 is 0. The zero-order chi connectivity index (χ0) is 12.6. The first-order valence-corrected chi connectivity index (χ1v) is 5.52. The average Bonchev–Trinajstić information content (AvgIpc) is 3.03. The van der Waals surface area contributed by atoms with Gasteiger partial charge in [0.25, 0.3) is 0 Å². The van der Waals surface area contributed by atoms with Crippen LogP contribution in [0.2, 0.25) is 5.15 Å². The minimum Gasteiger partial charge on any atom is -0.481 e. The van der Waals surface area contributed by atoms with Gasteiger partial charge in [0, 0.05) is 0 Å². The first kappa shape index (κ1) is 11.9. The molecule has 0 bridgehead atoms. The van der Waals surface area contributed by atoms with Gasteiger partial charge in [-0.3, -0.25) is 9.59 Å². The molecule has 2 atom stereocenters. The number of hydrogen-bond acceptors (Lipinski definition) is 3. The highest BCUT2D eigenvalue weighted by Gasteiger charge is 2.48. The molecule has 2 N–H and O–H groups in total. The van der Waals surface area contributed by atoms with Crippen molar-refractivity contribution in [1.82, 2.24) is 4.98 Å². The average molecular weight is 255 g/mol. The van der Waals surface area contributed by atoms with E-state index >= 15 is 0 Å². The Balaban J connectivity index is 2.00. The molecule has 6 heteroatoms. The lowest BCUT2D eigenvalue weighted by atomic mass is 10.2. The number of carbonyl (C=O) groups excluding carboxylic acids is 1. The Kier molecular flexibility index (Phi) is 3.02. The molecule has 0 saturated heterocycles. The number of amides is 1. The van der Waals surface area contributed by atoms with E-state index in [0.29, 0.717) is 17.3 Å². The molecule has 1 aromatic heterocycles. The van der Waals surface area contributed by atoms with Gasteiger partial charge < -0.3 is 10.4 Å². The summed E-state index contributed by atoms with van der Waals surface area (Å²) in [6.07, 6.45) is 1.85. The van der Waals surface area contributed by atoms with Crippen LogP contribution < -0.4 is 5.32 Å². The Morgan fingerprint density at radius 1 is 1.53 bits per heavy atom. The van der Waals surface area contributed by atoms with Crippen molar-refractivity contribution in [3.05, 3.63) is 23.0 Å². The number of anilines is 1. The molecule has 17 heavy (non-hydrogen) atoms. The SMILES string of the molecule is Cc1cc(NC(=O)C2CC2C(=O)O)cnc1Cl. The fourth-order valence-electron chi connectivity index (χ4n) is 1.62. The Morgan fingerprint density at radius 2 is 2.24 bits per heavy atom. The van der Waals surface area contributed by atoms with Crippen molar-refractivity contribution in [1.29, 1.82) is 0 Å². The molecule has 90 valence electrons. The first-order chi connectivity index (χ1) is 7.99. The summed E-state index contributed by atoms with van der Waals surface area (Å²) in [7, 11) is 0. The predicted molar refractivity (Wildman–Crippen MR) is 61.8 cm³/mol. The Hall–Kier alpha value is -1.62. The number of rotatable bonds is 3. The minimum atomic E-state index is -0.921. The van der Waals surface area contributed by atoms with Gasteiger partial charge in [-0.2, -0.15) is 0 Å². The molecule has 0 aliphatic heterocycles. The van der Waals surface area contributed by atoms with E-state index < -0.39 is 17.8 Å². The van der Waals surface area contributed by atoms with Crippen LogP contribution in [-0.2, 0) is 9.59 Å². The Bertz CT molecular complexity index is 490. The van der Waals surface area contributed by atoms with Crippen molar-refractivity contribution >= 4 is 29.2 Å². The van der Waals surface area contributed by atoms with E-state index in [1.54, 1.807) is 13.0 Å². The van der Waals surface area contributed by atoms with Gasteiger partial charge in [-0.25, -0.2) is 4.98 Å². The molecule has 1 aromatic rings.